The predicted octanol–water partition coefficient (Wildman–Crippen LogP) is -3.27. The molecule has 0 nitrogen and oxygen atoms in total. The van der Waals surface area contributed by atoms with Gasteiger partial charge in [0.15, 0.2) is 0 Å². The first kappa shape index (κ1) is 18.7. The fourth-order valence-corrected chi connectivity index (χ4v) is 1.16. The predicted molar refractivity (Wildman–Crippen MR) is 40.0 cm³/mol. The molecule has 0 fully saturated rings. The quantitative estimate of drug-likeness (QED) is 0.310. The van der Waals surface area contributed by atoms with Gasteiger partial charge in [-0.2, -0.15) is 11.1 Å². The van der Waals surface area contributed by atoms with Crippen LogP contribution in [0.5, 0.6) is 0 Å². The van der Waals surface area contributed by atoms with E-state index >= 15 is 0 Å². The molecule has 0 aliphatic heterocycles. The van der Waals surface area contributed by atoms with Crippen LogP contribution in [0.1, 0.15) is 27.7 Å². The third kappa shape index (κ3) is 3.76. The average Bonchev–Trinajstić information content (AvgIpc) is 1.98. The summed E-state index contributed by atoms with van der Waals surface area (Å²) in [4.78, 5) is 0. The van der Waals surface area contributed by atoms with Gasteiger partial charge < -0.3 is 24.8 Å². The average molecular weight is 371 g/mol. The minimum absolute atomic E-state index is 0. The minimum atomic E-state index is 0. The summed E-state index contributed by atoms with van der Waals surface area (Å²) in [5.74, 6) is 0.560. The van der Waals surface area contributed by atoms with Crippen molar-refractivity contribution in [1.82, 2.24) is 0 Å². The van der Waals surface area contributed by atoms with Crippen LogP contribution in [0.25, 0.3) is 0 Å². The van der Waals surface area contributed by atoms with E-state index in [0.29, 0.717) is 5.92 Å². The van der Waals surface area contributed by atoms with E-state index < -0.39 is 0 Å². The van der Waals surface area contributed by atoms with E-state index in [9.17, 15) is 0 Å². The third-order valence-electron chi connectivity index (χ3n) is 2.24. The van der Waals surface area contributed by atoms with Gasteiger partial charge in [0.25, 0.3) is 0 Å². The van der Waals surface area contributed by atoms with Crippen molar-refractivity contribution < 1.29 is 50.7 Å². The van der Waals surface area contributed by atoms with Gasteiger partial charge in [0.1, 0.15) is 0 Å². The molecule has 0 spiro atoms. The fourth-order valence-electron chi connectivity index (χ4n) is 1.16. The first-order valence-electron chi connectivity index (χ1n) is 3.40. The molecule has 12 heavy (non-hydrogen) atoms. The Morgan fingerprint density at radius 3 is 1.58 bits per heavy atom. The zero-order valence-corrected chi connectivity index (χ0v) is 12.9. The van der Waals surface area contributed by atoms with Gasteiger partial charge in [0.05, 0.1) is 0 Å². The smallest absolute Gasteiger partial charge is 0 e. The molecule has 70 valence electrons. The molecular weight excluding hydrogens is 357 g/mol. The van der Waals surface area contributed by atoms with Gasteiger partial charge >= 0.3 is 0 Å². The molecule has 0 aromatic heterocycles. The van der Waals surface area contributed by atoms with Crippen molar-refractivity contribution in [3.63, 3.8) is 0 Å². The summed E-state index contributed by atoms with van der Waals surface area (Å²) in [7, 11) is 0. The first-order chi connectivity index (χ1) is 4.13. The van der Waals surface area contributed by atoms with Crippen LogP contribution in [0.3, 0.4) is 0 Å². The second kappa shape index (κ2) is 7.34. The van der Waals surface area contributed by atoms with Gasteiger partial charge in [-0.15, -0.1) is 6.92 Å². The Morgan fingerprint density at radius 2 is 1.50 bits per heavy atom. The van der Waals surface area contributed by atoms with E-state index in [2.05, 4.69) is 33.8 Å². The van der Waals surface area contributed by atoms with Gasteiger partial charge in [0, 0.05) is 25.8 Å². The summed E-state index contributed by atoms with van der Waals surface area (Å²) in [5, 5.41) is 0. The van der Waals surface area contributed by atoms with Gasteiger partial charge in [-0.1, -0.05) is 26.7 Å². The molecule has 0 aromatic carbocycles. The van der Waals surface area contributed by atoms with Crippen LogP contribution in [0, 0.1) is 12.0 Å². The number of halogens is 2. The summed E-state index contributed by atoms with van der Waals surface area (Å²) in [6.07, 6.45) is 3.36. The Morgan fingerprint density at radius 1 is 1.08 bits per heavy atom. The van der Waals surface area contributed by atoms with E-state index in [1.54, 1.807) is 0 Å². The van der Waals surface area contributed by atoms with E-state index in [-0.39, 0.29) is 50.7 Å². The van der Waals surface area contributed by atoms with Crippen LogP contribution in [0.2, 0.25) is 0 Å². The molecule has 1 aliphatic rings. The van der Waals surface area contributed by atoms with Crippen molar-refractivity contribution in [1.29, 1.82) is 0 Å². The maximum atomic E-state index is 3.36. The van der Waals surface area contributed by atoms with E-state index in [1.165, 1.54) is 16.7 Å². The molecule has 0 bridgehead atoms. The molecule has 0 amide bonds. The molecule has 1 atom stereocenters. The Hall–Kier alpha value is 0.930. The SMILES string of the molecule is CC1=[C-]C(C)C(C)=C1C.[Cl-].[Cl-].[Hf]. The summed E-state index contributed by atoms with van der Waals surface area (Å²) in [6.45, 7) is 8.67. The molecule has 0 radical (unpaired) electrons. The Bertz CT molecular complexity index is 195. The normalized spacial score (nSPS) is 20.3. The van der Waals surface area contributed by atoms with Crippen LogP contribution in [0.15, 0.2) is 16.7 Å². The molecular formula is C9H13Cl2Hf-3. The van der Waals surface area contributed by atoms with Crippen LogP contribution >= 0.6 is 0 Å². The van der Waals surface area contributed by atoms with E-state index in [0.717, 1.165) is 0 Å². The number of hydrogen-bond acceptors (Lipinski definition) is 0. The summed E-state index contributed by atoms with van der Waals surface area (Å²) < 4.78 is 0. The third-order valence-corrected chi connectivity index (χ3v) is 2.24. The second-order valence-corrected chi connectivity index (χ2v) is 2.80. The first-order valence-corrected chi connectivity index (χ1v) is 3.40. The number of hydrogen-bond donors (Lipinski definition) is 0. The van der Waals surface area contributed by atoms with E-state index in [1.807, 2.05) is 0 Å². The fraction of sp³-hybridized carbons (Fsp3) is 0.556. The van der Waals surface area contributed by atoms with Crippen molar-refractivity contribution in [2.24, 2.45) is 5.92 Å². The van der Waals surface area contributed by atoms with Crippen molar-refractivity contribution in [3.8, 4) is 0 Å². The maximum absolute atomic E-state index is 3.36. The summed E-state index contributed by atoms with van der Waals surface area (Å²) in [5.41, 5.74) is 4.25. The molecule has 0 saturated carbocycles. The minimum Gasteiger partial charge on any atom is -1.00 e. The van der Waals surface area contributed by atoms with Gasteiger partial charge in [-0.3, -0.25) is 6.08 Å². The van der Waals surface area contributed by atoms with Crippen LogP contribution in [-0.4, -0.2) is 0 Å². The molecule has 0 heterocycles. The van der Waals surface area contributed by atoms with Crippen LogP contribution in [-0.2, 0) is 25.8 Å². The van der Waals surface area contributed by atoms with Gasteiger partial charge in [0.2, 0.25) is 0 Å². The van der Waals surface area contributed by atoms with Gasteiger partial charge in [-0.05, 0) is 0 Å². The Kier molecular flexibility index (Phi) is 11.4. The molecule has 1 unspecified atom stereocenters. The Labute approximate surface area is 106 Å². The zero-order chi connectivity index (χ0) is 7.02. The van der Waals surface area contributed by atoms with E-state index in [4.69, 9.17) is 0 Å². The van der Waals surface area contributed by atoms with Crippen molar-refractivity contribution >= 4 is 0 Å². The number of allylic oxidation sites excluding steroid dienone is 4. The number of rotatable bonds is 0. The standard InChI is InChI=1S/C9H13.2ClH.Hf/c1-6-5-7(2)9(4)8(6)3;;;/h6H,1-4H3;2*1H;/q-1;;;/p-2. The maximum Gasteiger partial charge on any atom is 0 e. The monoisotopic (exact) mass is 371 g/mol. The van der Waals surface area contributed by atoms with Crippen molar-refractivity contribution in [3.05, 3.63) is 22.8 Å². The Balaban J connectivity index is -0.000000270. The molecule has 0 N–H and O–H groups in total. The molecule has 3 heteroatoms. The van der Waals surface area contributed by atoms with Crippen molar-refractivity contribution in [2.45, 2.75) is 27.7 Å². The van der Waals surface area contributed by atoms with Crippen LogP contribution < -0.4 is 24.8 Å². The van der Waals surface area contributed by atoms with Gasteiger partial charge in [-0.25, -0.2) is 5.57 Å². The van der Waals surface area contributed by atoms with Crippen molar-refractivity contribution in [2.75, 3.05) is 0 Å². The largest absolute Gasteiger partial charge is 1.00 e. The molecule has 1 aliphatic carbocycles. The topological polar surface area (TPSA) is 0 Å². The summed E-state index contributed by atoms with van der Waals surface area (Å²) >= 11 is 0. The molecule has 1 rings (SSSR count). The molecule has 0 saturated heterocycles. The van der Waals surface area contributed by atoms with Crippen LogP contribution in [0.4, 0.5) is 0 Å². The summed E-state index contributed by atoms with van der Waals surface area (Å²) in [6, 6.07) is 0. The second-order valence-electron chi connectivity index (χ2n) is 2.80. The zero-order valence-electron chi connectivity index (χ0n) is 7.83. The molecule has 0 aromatic rings.